The molecule has 0 aliphatic heterocycles. The van der Waals surface area contributed by atoms with Gasteiger partial charge in [-0.25, -0.2) is 0 Å². The van der Waals surface area contributed by atoms with E-state index in [0.29, 0.717) is 11.8 Å². The van der Waals surface area contributed by atoms with E-state index < -0.39 is 0 Å². The molecule has 1 aliphatic carbocycles. The molecular weight excluding hydrogens is 346 g/mol. The van der Waals surface area contributed by atoms with E-state index in [1.165, 1.54) is 56.7 Å². The number of unbranched alkanes of at least 4 members (excludes halogenated alkanes) is 1. The average molecular weight is 374 g/mol. The van der Waals surface area contributed by atoms with E-state index in [1.54, 1.807) is 23.1 Å². The second kappa shape index (κ2) is 11.3. The number of hydrogen-bond acceptors (Lipinski definition) is 6. The Labute approximate surface area is 152 Å². The average Bonchev–Trinajstić information content (AvgIpc) is 2.96. The van der Waals surface area contributed by atoms with Gasteiger partial charge in [0.05, 0.1) is 5.75 Å². The summed E-state index contributed by atoms with van der Waals surface area (Å²) in [6.07, 6.45) is 11.1. The van der Waals surface area contributed by atoms with Crippen LogP contribution in [0.2, 0.25) is 0 Å². The Morgan fingerprint density at radius 1 is 1.13 bits per heavy atom. The summed E-state index contributed by atoms with van der Waals surface area (Å²) in [5.41, 5.74) is 0. The van der Waals surface area contributed by atoms with Crippen LogP contribution in [0.1, 0.15) is 64.7 Å². The van der Waals surface area contributed by atoms with Gasteiger partial charge in [-0.1, -0.05) is 80.3 Å². The summed E-state index contributed by atoms with van der Waals surface area (Å²) in [5.74, 6) is 1.68. The monoisotopic (exact) mass is 373 g/mol. The lowest BCUT2D eigenvalue weighted by Gasteiger charge is -2.20. The van der Waals surface area contributed by atoms with Crippen LogP contribution in [0.5, 0.6) is 0 Å². The summed E-state index contributed by atoms with van der Waals surface area (Å²) < 4.78 is 1.91. The number of carbonyl (C=O) groups is 1. The molecule has 7 heteroatoms. The summed E-state index contributed by atoms with van der Waals surface area (Å²) in [6.45, 7) is 2.19. The van der Waals surface area contributed by atoms with E-state index in [2.05, 4.69) is 22.4 Å². The van der Waals surface area contributed by atoms with Crippen LogP contribution in [-0.4, -0.2) is 33.7 Å². The molecule has 1 amide bonds. The van der Waals surface area contributed by atoms with E-state index in [0.717, 1.165) is 27.3 Å². The first-order chi connectivity index (χ1) is 11.3. The van der Waals surface area contributed by atoms with Gasteiger partial charge in [-0.2, -0.15) is 0 Å². The highest BCUT2D eigenvalue weighted by atomic mass is 32.2. The molecule has 1 aliphatic rings. The van der Waals surface area contributed by atoms with Gasteiger partial charge in [-0.15, -0.1) is 10.2 Å². The molecule has 0 unspecified atom stereocenters. The Morgan fingerprint density at radius 2 is 1.78 bits per heavy atom. The first-order valence-electron chi connectivity index (χ1n) is 8.66. The molecule has 1 aromatic heterocycles. The number of hydrogen-bond donors (Lipinski definition) is 1. The normalized spacial score (nSPS) is 16.7. The van der Waals surface area contributed by atoms with Crippen molar-refractivity contribution in [2.75, 3.05) is 11.5 Å². The summed E-state index contributed by atoms with van der Waals surface area (Å²) in [6, 6.07) is 0.373. The lowest BCUT2D eigenvalue weighted by molar-refractivity contribution is -0.119. The molecule has 0 aromatic carbocycles. The van der Waals surface area contributed by atoms with Crippen LogP contribution in [0.25, 0.3) is 0 Å². The Hall–Kier alpha value is -0.270. The second-order valence-corrected chi connectivity index (χ2v) is 9.48. The maximum Gasteiger partial charge on any atom is 0.230 e. The Kier molecular flexibility index (Phi) is 9.38. The minimum absolute atomic E-state index is 0.135. The van der Waals surface area contributed by atoms with E-state index in [-0.39, 0.29) is 5.91 Å². The number of rotatable bonds is 8. The van der Waals surface area contributed by atoms with Gasteiger partial charge in [0, 0.05) is 11.8 Å². The predicted octanol–water partition coefficient (Wildman–Crippen LogP) is 4.75. The van der Waals surface area contributed by atoms with Crippen molar-refractivity contribution in [1.29, 1.82) is 0 Å². The lowest BCUT2D eigenvalue weighted by atomic mass is 9.97. The van der Waals surface area contributed by atoms with Crippen LogP contribution in [0.15, 0.2) is 8.68 Å². The smallest absolute Gasteiger partial charge is 0.230 e. The van der Waals surface area contributed by atoms with Crippen LogP contribution in [0.4, 0.5) is 0 Å². The number of carbonyl (C=O) groups excluding carboxylic acids is 1. The van der Waals surface area contributed by atoms with Gasteiger partial charge in [0.1, 0.15) is 0 Å². The summed E-state index contributed by atoms with van der Waals surface area (Å²) in [7, 11) is 0. The predicted molar refractivity (Wildman–Crippen MR) is 101 cm³/mol. The molecule has 0 atom stereocenters. The van der Waals surface area contributed by atoms with Gasteiger partial charge in [0.15, 0.2) is 8.68 Å². The molecule has 1 saturated carbocycles. The molecule has 2 rings (SSSR count). The van der Waals surface area contributed by atoms with Crippen molar-refractivity contribution < 1.29 is 4.79 Å². The largest absolute Gasteiger partial charge is 0.353 e. The van der Waals surface area contributed by atoms with Crippen LogP contribution in [0.3, 0.4) is 0 Å². The molecule has 1 aromatic rings. The molecule has 4 nitrogen and oxygen atoms in total. The Morgan fingerprint density at radius 3 is 2.48 bits per heavy atom. The number of nitrogens with one attached hydrogen (secondary N) is 1. The summed E-state index contributed by atoms with van der Waals surface area (Å²) in [4.78, 5) is 12.1. The van der Waals surface area contributed by atoms with Gasteiger partial charge < -0.3 is 5.32 Å². The molecule has 1 N–H and O–H groups in total. The van der Waals surface area contributed by atoms with Crippen molar-refractivity contribution in [1.82, 2.24) is 15.5 Å². The number of thioether (sulfide) groups is 2. The number of aromatic nitrogens is 2. The van der Waals surface area contributed by atoms with Gasteiger partial charge in [-0.05, 0) is 19.3 Å². The topological polar surface area (TPSA) is 54.9 Å². The van der Waals surface area contributed by atoms with E-state index >= 15 is 0 Å². The maximum absolute atomic E-state index is 12.1. The fraction of sp³-hybridized carbons (Fsp3) is 0.812. The highest BCUT2D eigenvalue weighted by Crippen LogP contribution is 2.29. The van der Waals surface area contributed by atoms with Crippen molar-refractivity contribution in [2.24, 2.45) is 0 Å². The quantitative estimate of drug-likeness (QED) is 0.526. The lowest BCUT2D eigenvalue weighted by Crippen LogP contribution is -2.36. The number of nitrogens with zero attached hydrogens (tertiary/aromatic N) is 2. The first kappa shape index (κ1) is 19.1. The van der Waals surface area contributed by atoms with Crippen LogP contribution >= 0.6 is 34.9 Å². The standard InChI is InChI=1S/C16H27N3OS3/c1-2-3-11-21-15-18-19-16(23-15)22-12-14(20)17-13-9-7-5-4-6-8-10-13/h13H,2-12H2,1H3,(H,17,20). The van der Waals surface area contributed by atoms with Crippen molar-refractivity contribution in [3.8, 4) is 0 Å². The van der Waals surface area contributed by atoms with Gasteiger partial charge in [0.2, 0.25) is 5.91 Å². The van der Waals surface area contributed by atoms with Gasteiger partial charge in [-0.3, -0.25) is 4.79 Å². The third-order valence-electron chi connectivity index (χ3n) is 3.91. The van der Waals surface area contributed by atoms with Crippen molar-refractivity contribution in [3.05, 3.63) is 0 Å². The fourth-order valence-corrected chi connectivity index (χ4v) is 5.60. The molecule has 0 saturated heterocycles. The zero-order valence-electron chi connectivity index (χ0n) is 13.9. The van der Waals surface area contributed by atoms with Gasteiger partial charge >= 0.3 is 0 Å². The third-order valence-corrected chi connectivity index (χ3v) is 7.18. The minimum Gasteiger partial charge on any atom is -0.353 e. The number of amides is 1. The summed E-state index contributed by atoms with van der Waals surface area (Å²) >= 11 is 4.87. The summed E-state index contributed by atoms with van der Waals surface area (Å²) in [5, 5.41) is 11.6. The van der Waals surface area contributed by atoms with Crippen LogP contribution in [0, 0.1) is 0 Å². The molecule has 0 bridgehead atoms. The molecule has 1 heterocycles. The maximum atomic E-state index is 12.1. The van der Waals surface area contributed by atoms with Crippen LogP contribution in [-0.2, 0) is 4.79 Å². The van der Waals surface area contributed by atoms with Crippen molar-refractivity contribution in [3.63, 3.8) is 0 Å². The third kappa shape index (κ3) is 7.90. The second-order valence-electron chi connectivity index (χ2n) is 5.93. The minimum atomic E-state index is 0.135. The van der Waals surface area contributed by atoms with Crippen LogP contribution < -0.4 is 5.32 Å². The molecule has 1 fully saturated rings. The van der Waals surface area contributed by atoms with E-state index in [4.69, 9.17) is 0 Å². The molecular formula is C16H27N3OS3. The highest BCUT2D eigenvalue weighted by Gasteiger charge is 2.15. The molecule has 130 valence electrons. The fourth-order valence-electron chi connectivity index (χ4n) is 2.61. The van der Waals surface area contributed by atoms with E-state index in [9.17, 15) is 4.79 Å². The Bertz CT molecular complexity index is 459. The molecule has 23 heavy (non-hydrogen) atoms. The molecule has 0 radical (unpaired) electrons. The first-order valence-corrected chi connectivity index (χ1v) is 11.4. The zero-order chi connectivity index (χ0) is 16.3. The SMILES string of the molecule is CCCCSc1nnc(SCC(=O)NC2CCCCCCC2)s1. The highest BCUT2D eigenvalue weighted by molar-refractivity contribution is 8.03. The zero-order valence-corrected chi connectivity index (χ0v) is 16.3. The van der Waals surface area contributed by atoms with Crippen molar-refractivity contribution >= 4 is 40.8 Å². The van der Waals surface area contributed by atoms with Crippen molar-refractivity contribution in [2.45, 2.75) is 79.4 Å². The molecule has 0 spiro atoms. The Balaban J connectivity index is 1.67. The van der Waals surface area contributed by atoms with Gasteiger partial charge in [0.25, 0.3) is 0 Å². The van der Waals surface area contributed by atoms with E-state index in [1.807, 2.05) is 0 Å².